The topological polar surface area (TPSA) is 52.0 Å². The normalized spacial score (nSPS) is 15.4. The van der Waals surface area contributed by atoms with Gasteiger partial charge in [-0.25, -0.2) is 4.98 Å². The third-order valence-corrected chi connectivity index (χ3v) is 7.11. The third-order valence-electron chi connectivity index (χ3n) is 7.11. The van der Waals surface area contributed by atoms with Gasteiger partial charge in [0.15, 0.2) is 0 Å². The number of carbonyl (C=O) groups is 1. The Kier molecular flexibility index (Phi) is 6.71. The molecule has 1 aliphatic rings. The zero-order valence-corrected chi connectivity index (χ0v) is 20.1. The Labute approximate surface area is 206 Å². The van der Waals surface area contributed by atoms with E-state index in [0.29, 0.717) is 31.5 Å². The molecule has 0 aliphatic heterocycles. The summed E-state index contributed by atoms with van der Waals surface area (Å²) in [6.07, 6.45) is 3.14. The van der Waals surface area contributed by atoms with Crippen LogP contribution in [0.3, 0.4) is 0 Å². The Hall–Kier alpha value is -3.79. The maximum atomic E-state index is 14.0. The number of hydrogen-bond donors (Lipinski definition) is 0. The van der Waals surface area contributed by atoms with Crippen LogP contribution >= 0.6 is 0 Å². The van der Waals surface area contributed by atoms with Gasteiger partial charge in [-0.15, -0.1) is 0 Å². The van der Waals surface area contributed by atoms with Crippen LogP contribution in [-0.2, 0) is 24.1 Å². The van der Waals surface area contributed by atoms with Crippen molar-refractivity contribution in [1.29, 1.82) is 0 Å². The molecular formula is C31H30N2O2. The molecule has 4 nitrogen and oxygen atoms in total. The molecule has 1 aliphatic carbocycles. The smallest absolute Gasteiger partial charge is 0.257 e. The Morgan fingerprint density at radius 2 is 1.40 bits per heavy atom. The van der Waals surface area contributed by atoms with Gasteiger partial charge in [0, 0.05) is 17.9 Å². The highest BCUT2D eigenvalue weighted by atomic mass is 16.1. The lowest BCUT2D eigenvalue weighted by atomic mass is 9.91. The van der Waals surface area contributed by atoms with Crippen LogP contribution in [0.2, 0.25) is 0 Å². The first kappa shape index (κ1) is 23.0. The largest absolute Gasteiger partial charge is 0.299 e. The highest BCUT2D eigenvalue weighted by Gasteiger charge is 2.28. The molecule has 0 radical (unpaired) electrons. The molecule has 1 aromatic heterocycles. The summed E-state index contributed by atoms with van der Waals surface area (Å²) in [5.74, 6) is 0.921. The number of ketones is 1. The average molecular weight is 463 g/mol. The minimum atomic E-state index is -0.249. The fraction of sp³-hybridized carbons (Fsp3) is 0.258. The second-order valence-corrected chi connectivity index (χ2v) is 9.39. The molecule has 0 bridgehead atoms. The highest BCUT2D eigenvalue weighted by Crippen LogP contribution is 2.29. The number of nitrogens with zero attached hydrogens (tertiary/aromatic N) is 2. The van der Waals surface area contributed by atoms with E-state index in [2.05, 4.69) is 24.3 Å². The summed E-state index contributed by atoms with van der Waals surface area (Å²) >= 11 is 0. The van der Waals surface area contributed by atoms with Crippen molar-refractivity contribution in [1.82, 2.24) is 9.55 Å². The van der Waals surface area contributed by atoms with Crippen LogP contribution in [0.1, 0.15) is 52.7 Å². The lowest BCUT2D eigenvalue weighted by Crippen LogP contribution is -2.33. The minimum absolute atomic E-state index is 0.0152. The molecular weight excluding hydrogens is 432 g/mol. The minimum Gasteiger partial charge on any atom is -0.299 e. The van der Waals surface area contributed by atoms with Gasteiger partial charge in [-0.1, -0.05) is 91.0 Å². The van der Waals surface area contributed by atoms with Gasteiger partial charge in [-0.2, -0.15) is 0 Å². The number of aryl methyl sites for hydroxylation is 2. The van der Waals surface area contributed by atoms with E-state index in [1.807, 2.05) is 78.2 Å². The van der Waals surface area contributed by atoms with Crippen molar-refractivity contribution in [2.45, 2.75) is 45.1 Å². The maximum Gasteiger partial charge on any atom is 0.257 e. The maximum absolute atomic E-state index is 14.0. The molecule has 0 N–H and O–H groups in total. The third kappa shape index (κ3) is 4.88. The molecule has 35 heavy (non-hydrogen) atoms. The lowest BCUT2D eigenvalue weighted by molar-refractivity contribution is -0.122. The van der Waals surface area contributed by atoms with Crippen LogP contribution in [0.5, 0.6) is 0 Å². The SMILES string of the molecule is Cc1nc2c(c(=O)n1C(c1ccccc1)c1ccccc1)CCC(C(=O)Cc1ccccc1)CC2. The van der Waals surface area contributed by atoms with Crippen molar-refractivity contribution >= 4 is 5.78 Å². The summed E-state index contributed by atoms with van der Waals surface area (Å²) in [4.78, 5) is 32.0. The first-order valence-electron chi connectivity index (χ1n) is 12.4. The van der Waals surface area contributed by atoms with Gasteiger partial charge in [-0.05, 0) is 49.3 Å². The van der Waals surface area contributed by atoms with E-state index in [1.54, 1.807) is 0 Å². The molecule has 3 aromatic carbocycles. The van der Waals surface area contributed by atoms with Gasteiger partial charge < -0.3 is 0 Å². The quantitative estimate of drug-likeness (QED) is 0.356. The van der Waals surface area contributed by atoms with Gasteiger partial charge in [0.1, 0.15) is 11.6 Å². The fourth-order valence-electron chi connectivity index (χ4n) is 5.29. The Morgan fingerprint density at radius 3 is 2.00 bits per heavy atom. The van der Waals surface area contributed by atoms with Crippen molar-refractivity contribution < 1.29 is 4.79 Å². The molecule has 0 spiro atoms. The number of rotatable bonds is 6. The number of Topliss-reactive ketones (excluding diaryl/α,β-unsaturated/α-hetero) is 1. The molecule has 176 valence electrons. The molecule has 1 unspecified atom stereocenters. The summed E-state index contributed by atoms with van der Waals surface area (Å²) in [5, 5.41) is 0. The molecule has 0 saturated carbocycles. The van der Waals surface area contributed by atoms with Crippen molar-refractivity contribution in [3.63, 3.8) is 0 Å². The van der Waals surface area contributed by atoms with E-state index in [4.69, 9.17) is 4.98 Å². The lowest BCUT2D eigenvalue weighted by Gasteiger charge is -2.24. The van der Waals surface area contributed by atoms with Crippen LogP contribution in [0.4, 0.5) is 0 Å². The van der Waals surface area contributed by atoms with E-state index in [1.165, 1.54) is 0 Å². The zero-order chi connectivity index (χ0) is 24.2. The standard InChI is InChI=1S/C31H30N2O2/c1-22-32-28-20-18-24(29(34)21-23-11-5-2-6-12-23)17-19-27(28)31(35)33(22)30(25-13-7-3-8-14-25)26-15-9-4-10-16-26/h2-16,24,30H,17-21H2,1H3. The fourth-order valence-corrected chi connectivity index (χ4v) is 5.29. The summed E-state index contributed by atoms with van der Waals surface area (Å²) in [5.41, 5.74) is 4.79. The van der Waals surface area contributed by atoms with Crippen molar-refractivity contribution in [2.24, 2.45) is 5.92 Å². The average Bonchev–Trinajstić information content (AvgIpc) is 3.11. The number of aromatic nitrogens is 2. The summed E-state index contributed by atoms with van der Waals surface area (Å²) in [6.45, 7) is 1.92. The molecule has 0 fully saturated rings. The first-order valence-corrected chi connectivity index (χ1v) is 12.4. The van der Waals surface area contributed by atoms with Crippen molar-refractivity contribution in [3.05, 3.63) is 135 Å². The number of fused-ring (bicyclic) bond motifs is 1. The van der Waals surface area contributed by atoms with Gasteiger partial charge in [0.2, 0.25) is 0 Å². The van der Waals surface area contributed by atoms with Gasteiger partial charge >= 0.3 is 0 Å². The first-order chi connectivity index (χ1) is 17.1. The van der Waals surface area contributed by atoms with Crippen LogP contribution in [0.25, 0.3) is 0 Å². The Balaban J connectivity index is 1.48. The van der Waals surface area contributed by atoms with Crippen LogP contribution < -0.4 is 5.56 Å². The van der Waals surface area contributed by atoms with Gasteiger partial charge in [0.25, 0.3) is 5.56 Å². The zero-order valence-electron chi connectivity index (χ0n) is 20.1. The monoisotopic (exact) mass is 462 g/mol. The molecule has 5 rings (SSSR count). The summed E-state index contributed by atoms with van der Waals surface area (Å²) in [6, 6.07) is 29.9. The van der Waals surface area contributed by atoms with Crippen LogP contribution in [-0.4, -0.2) is 15.3 Å². The Morgan fingerprint density at radius 1 is 0.857 bits per heavy atom. The molecule has 1 heterocycles. The van der Waals surface area contributed by atoms with E-state index >= 15 is 0 Å². The predicted octanol–water partition coefficient (Wildman–Crippen LogP) is 5.50. The van der Waals surface area contributed by atoms with Gasteiger partial charge in [-0.3, -0.25) is 14.2 Å². The number of hydrogen-bond acceptors (Lipinski definition) is 3. The van der Waals surface area contributed by atoms with E-state index in [9.17, 15) is 9.59 Å². The van der Waals surface area contributed by atoms with E-state index in [-0.39, 0.29) is 23.3 Å². The number of carbonyl (C=O) groups excluding carboxylic acids is 1. The summed E-state index contributed by atoms with van der Waals surface area (Å²) < 4.78 is 1.84. The highest BCUT2D eigenvalue weighted by molar-refractivity contribution is 5.83. The van der Waals surface area contributed by atoms with Crippen LogP contribution in [0.15, 0.2) is 95.8 Å². The molecule has 0 amide bonds. The van der Waals surface area contributed by atoms with E-state index in [0.717, 1.165) is 34.4 Å². The molecule has 0 saturated heterocycles. The molecule has 4 aromatic rings. The predicted molar refractivity (Wildman–Crippen MR) is 139 cm³/mol. The summed E-state index contributed by atoms with van der Waals surface area (Å²) in [7, 11) is 0. The van der Waals surface area contributed by atoms with E-state index < -0.39 is 0 Å². The van der Waals surface area contributed by atoms with Crippen LogP contribution in [0, 0.1) is 12.8 Å². The molecule has 1 atom stereocenters. The second kappa shape index (κ2) is 10.2. The van der Waals surface area contributed by atoms with Crippen molar-refractivity contribution in [3.8, 4) is 0 Å². The molecule has 4 heteroatoms. The second-order valence-electron chi connectivity index (χ2n) is 9.39. The van der Waals surface area contributed by atoms with Gasteiger partial charge in [0.05, 0.1) is 11.7 Å². The van der Waals surface area contributed by atoms with Crippen molar-refractivity contribution in [2.75, 3.05) is 0 Å². The Bertz CT molecular complexity index is 1320. The number of benzene rings is 3.